The minimum absolute atomic E-state index is 0.170. The predicted molar refractivity (Wildman–Crippen MR) is 67.1 cm³/mol. The van der Waals surface area contributed by atoms with Crippen LogP contribution in [0.5, 0.6) is 0 Å². The number of nitrogens with zero attached hydrogens (tertiary/aromatic N) is 2. The van der Waals surface area contributed by atoms with Gasteiger partial charge in [0, 0.05) is 38.8 Å². The summed E-state index contributed by atoms with van der Waals surface area (Å²) in [4.78, 5) is 4.57. The Kier molecular flexibility index (Phi) is 4.76. The van der Waals surface area contributed by atoms with E-state index in [-0.39, 0.29) is 12.2 Å². The Morgan fingerprint density at radius 1 is 1.47 bits per heavy atom. The van der Waals surface area contributed by atoms with Gasteiger partial charge in [-0.3, -0.25) is 4.90 Å². The standard InChI is InChI=1S/C12H25N3O2/c1-14(2)7-10-5-11(16)8-15(10)9-12-6-13-3-4-17-12/h10-13,16H,3-9H2,1-2H3. The summed E-state index contributed by atoms with van der Waals surface area (Å²) in [6, 6.07) is 0.463. The predicted octanol–water partition coefficient (Wildman–Crippen LogP) is -1.03. The Balaban J connectivity index is 1.84. The monoisotopic (exact) mass is 243 g/mol. The number of aliphatic hydroxyl groups is 1. The van der Waals surface area contributed by atoms with Crippen molar-refractivity contribution in [2.45, 2.75) is 24.7 Å². The first-order valence-electron chi connectivity index (χ1n) is 6.54. The lowest BCUT2D eigenvalue weighted by Crippen LogP contribution is -2.48. The molecule has 0 aromatic rings. The van der Waals surface area contributed by atoms with Crippen molar-refractivity contribution >= 4 is 0 Å². The fourth-order valence-electron chi connectivity index (χ4n) is 2.79. The van der Waals surface area contributed by atoms with Gasteiger partial charge in [-0.15, -0.1) is 0 Å². The molecule has 0 bridgehead atoms. The van der Waals surface area contributed by atoms with Gasteiger partial charge >= 0.3 is 0 Å². The smallest absolute Gasteiger partial charge is 0.0826 e. The summed E-state index contributed by atoms with van der Waals surface area (Å²) >= 11 is 0. The Hall–Kier alpha value is -0.200. The van der Waals surface area contributed by atoms with Crippen LogP contribution in [0, 0.1) is 0 Å². The Bertz CT molecular complexity index is 232. The Morgan fingerprint density at radius 2 is 2.29 bits per heavy atom. The molecule has 5 heteroatoms. The van der Waals surface area contributed by atoms with E-state index in [1.54, 1.807) is 0 Å². The van der Waals surface area contributed by atoms with Gasteiger partial charge in [0.15, 0.2) is 0 Å². The summed E-state index contributed by atoms with van der Waals surface area (Å²) in [6.07, 6.45) is 0.994. The van der Waals surface area contributed by atoms with Crippen molar-refractivity contribution in [2.24, 2.45) is 0 Å². The molecule has 0 spiro atoms. The first kappa shape index (κ1) is 13.2. The number of morpholine rings is 1. The molecule has 0 aromatic carbocycles. The van der Waals surface area contributed by atoms with Crippen LogP contribution in [0.1, 0.15) is 6.42 Å². The van der Waals surface area contributed by atoms with Gasteiger partial charge in [-0.05, 0) is 20.5 Å². The molecule has 2 saturated heterocycles. The molecule has 2 aliphatic rings. The van der Waals surface area contributed by atoms with Crippen LogP contribution < -0.4 is 5.32 Å². The maximum Gasteiger partial charge on any atom is 0.0826 e. The molecule has 100 valence electrons. The van der Waals surface area contributed by atoms with E-state index in [4.69, 9.17) is 4.74 Å². The summed E-state index contributed by atoms with van der Waals surface area (Å²) in [7, 11) is 4.17. The largest absolute Gasteiger partial charge is 0.392 e. The number of nitrogens with one attached hydrogen (secondary N) is 1. The van der Waals surface area contributed by atoms with Gasteiger partial charge in [0.2, 0.25) is 0 Å². The Morgan fingerprint density at radius 3 is 2.94 bits per heavy atom. The molecule has 0 saturated carbocycles. The van der Waals surface area contributed by atoms with E-state index in [1.165, 1.54) is 0 Å². The minimum Gasteiger partial charge on any atom is -0.392 e. The lowest BCUT2D eigenvalue weighted by Gasteiger charge is -2.32. The van der Waals surface area contributed by atoms with Crippen molar-refractivity contribution in [3.63, 3.8) is 0 Å². The number of β-amino-alcohol motifs (C(OH)–C–C–N with tert-alkyl or cyclic N) is 1. The van der Waals surface area contributed by atoms with Crippen LogP contribution in [0.15, 0.2) is 0 Å². The van der Waals surface area contributed by atoms with Gasteiger partial charge < -0.3 is 20.1 Å². The lowest BCUT2D eigenvalue weighted by atomic mass is 10.2. The van der Waals surface area contributed by atoms with Crippen molar-refractivity contribution in [2.75, 3.05) is 53.4 Å². The van der Waals surface area contributed by atoms with Gasteiger partial charge in [0.05, 0.1) is 18.8 Å². The van der Waals surface area contributed by atoms with Gasteiger partial charge in [0.1, 0.15) is 0 Å². The number of hydrogen-bond acceptors (Lipinski definition) is 5. The molecule has 17 heavy (non-hydrogen) atoms. The zero-order valence-electron chi connectivity index (χ0n) is 10.9. The second-order valence-corrected chi connectivity index (χ2v) is 5.46. The molecule has 2 fully saturated rings. The summed E-state index contributed by atoms with van der Waals surface area (Å²) in [5.41, 5.74) is 0. The summed E-state index contributed by atoms with van der Waals surface area (Å²) in [5, 5.41) is 13.1. The molecule has 3 atom stereocenters. The molecule has 0 radical (unpaired) electrons. The molecule has 2 heterocycles. The fraction of sp³-hybridized carbons (Fsp3) is 1.00. The van der Waals surface area contributed by atoms with Crippen LogP contribution in [-0.4, -0.2) is 86.6 Å². The highest BCUT2D eigenvalue weighted by Crippen LogP contribution is 2.19. The van der Waals surface area contributed by atoms with E-state index < -0.39 is 0 Å². The van der Waals surface area contributed by atoms with E-state index in [2.05, 4.69) is 29.2 Å². The lowest BCUT2D eigenvalue weighted by molar-refractivity contribution is 0.000214. The average Bonchev–Trinajstić information content (AvgIpc) is 2.59. The highest BCUT2D eigenvalue weighted by molar-refractivity contribution is 4.88. The summed E-state index contributed by atoms with van der Waals surface area (Å²) in [5.74, 6) is 0. The van der Waals surface area contributed by atoms with E-state index >= 15 is 0 Å². The molecule has 0 aromatic heterocycles. The number of hydrogen-bond donors (Lipinski definition) is 2. The Labute approximate surface area is 104 Å². The van der Waals surface area contributed by atoms with Crippen LogP contribution in [0.25, 0.3) is 0 Å². The number of rotatable bonds is 4. The first-order valence-corrected chi connectivity index (χ1v) is 6.54. The third kappa shape index (κ3) is 3.89. The normalized spacial score (nSPS) is 35.6. The molecule has 2 aliphatic heterocycles. The zero-order valence-corrected chi connectivity index (χ0v) is 10.9. The van der Waals surface area contributed by atoms with E-state index in [1.807, 2.05) is 0 Å². The van der Waals surface area contributed by atoms with Crippen molar-refractivity contribution < 1.29 is 9.84 Å². The summed E-state index contributed by atoms with van der Waals surface area (Å²) in [6.45, 7) is 5.43. The molecule has 2 N–H and O–H groups in total. The maximum absolute atomic E-state index is 9.80. The molecule has 0 aliphatic carbocycles. The number of aliphatic hydroxyl groups excluding tert-OH is 1. The highest BCUT2D eigenvalue weighted by atomic mass is 16.5. The van der Waals surface area contributed by atoms with Crippen molar-refractivity contribution in [3.05, 3.63) is 0 Å². The third-order valence-corrected chi connectivity index (χ3v) is 3.52. The van der Waals surface area contributed by atoms with Crippen LogP contribution in [-0.2, 0) is 4.74 Å². The van der Waals surface area contributed by atoms with Crippen LogP contribution >= 0.6 is 0 Å². The van der Waals surface area contributed by atoms with Crippen molar-refractivity contribution in [1.82, 2.24) is 15.1 Å². The van der Waals surface area contributed by atoms with Gasteiger partial charge in [-0.2, -0.15) is 0 Å². The van der Waals surface area contributed by atoms with Crippen molar-refractivity contribution in [3.8, 4) is 0 Å². The maximum atomic E-state index is 9.80. The molecular formula is C12H25N3O2. The van der Waals surface area contributed by atoms with Crippen LogP contribution in [0.4, 0.5) is 0 Å². The van der Waals surface area contributed by atoms with E-state index in [9.17, 15) is 5.11 Å². The minimum atomic E-state index is -0.170. The number of likely N-dealkylation sites (tertiary alicyclic amines) is 1. The SMILES string of the molecule is CN(C)CC1CC(O)CN1CC1CNCCO1. The van der Waals surface area contributed by atoms with Gasteiger partial charge in [-0.25, -0.2) is 0 Å². The van der Waals surface area contributed by atoms with E-state index in [0.29, 0.717) is 6.04 Å². The summed E-state index contributed by atoms with van der Waals surface area (Å²) < 4.78 is 5.73. The van der Waals surface area contributed by atoms with Gasteiger partial charge in [0.25, 0.3) is 0 Å². The molecular weight excluding hydrogens is 218 g/mol. The third-order valence-electron chi connectivity index (χ3n) is 3.52. The van der Waals surface area contributed by atoms with Crippen LogP contribution in [0.3, 0.4) is 0 Å². The van der Waals surface area contributed by atoms with Crippen LogP contribution in [0.2, 0.25) is 0 Å². The van der Waals surface area contributed by atoms with E-state index in [0.717, 1.165) is 45.8 Å². The topological polar surface area (TPSA) is 48.0 Å². The van der Waals surface area contributed by atoms with Crippen molar-refractivity contribution in [1.29, 1.82) is 0 Å². The first-order chi connectivity index (χ1) is 8.15. The zero-order chi connectivity index (χ0) is 12.3. The van der Waals surface area contributed by atoms with Gasteiger partial charge in [-0.1, -0.05) is 0 Å². The number of ether oxygens (including phenoxy) is 1. The second-order valence-electron chi connectivity index (χ2n) is 5.46. The quantitative estimate of drug-likeness (QED) is 0.661. The second kappa shape index (κ2) is 6.11. The molecule has 5 nitrogen and oxygen atoms in total. The molecule has 3 unspecified atom stereocenters. The molecule has 2 rings (SSSR count). The molecule has 0 amide bonds. The number of likely N-dealkylation sites (N-methyl/N-ethyl adjacent to an activating group) is 1. The highest BCUT2D eigenvalue weighted by Gasteiger charge is 2.32. The fourth-order valence-corrected chi connectivity index (χ4v) is 2.79. The average molecular weight is 243 g/mol.